The molecule has 0 aliphatic heterocycles. The lowest BCUT2D eigenvalue weighted by Crippen LogP contribution is -2.69. The van der Waals surface area contributed by atoms with Crippen LogP contribution in [0.5, 0.6) is 0 Å². The van der Waals surface area contributed by atoms with E-state index >= 15 is 0 Å². The molecule has 0 aliphatic carbocycles. The smallest absolute Gasteiger partial charge is 0.118 e. The average molecular weight is 215 g/mol. The Labute approximate surface area is 80.4 Å². The maximum absolute atomic E-state index is 5.76. The van der Waals surface area contributed by atoms with E-state index < -0.39 is 22.3 Å². The van der Waals surface area contributed by atoms with Crippen molar-refractivity contribution in [3.63, 3.8) is 0 Å². The van der Waals surface area contributed by atoms with Crippen LogP contribution in [0.15, 0.2) is 0 Å². The Balaban J connectivity index is 5.14. The van der Waals surface area contributed by atoms with Crippen molar-refractivity contribution in [3.8, 4) is 12.0 Å². The molecule has 0 amide bonds. The molecule has 0 heterocycles. The molecule has 0 rings (SSSR count). The van der Waals surface area contributed by atoms with Crippen molar-refractivity contribution < 1.29 is 0 Å². The standard InChI is InChI=1S/C9H22Si3/c1-9-12(8,10(2,3)4)11(5,6)7/h1H,2-8H3. The van der Waals surface area contributed by atoms with E-state index in [9.17, 15) is 0 Å². The van der Waals surface area contributed by atoms with Crippen LogP contribution in [0, 0.1) is 12.0 Å². The number of rotatable bonds is 2. The van der Waals surface area contributed by atoms with Gasteiger partial charge in [0, 0.05) is 0 Å². The first-order chi connectivity index (χ1) is 5.06. The fraction of sp³-hybridized carbons (Fsp3) is 0.778. The molecule has 70 valence electrons. The molecule has 0 aromatic rings. The van der Waals surface area contributed by atoms with Crippen LogP contribution in [0.4, 0.5) is 0 Å². The number of hydrogen-bond acceptors (Lipinski definition) is 0. The summed E-state index contributed by atoms with van der Waals surface area (Å²) < 4.78 is 0. The van der Waals surface area contributed by atoms with Gasteiger partial charge in [0.25, 0.3) is 0 Å². The Morgan fingerprint density at radius 3 is 1.00 bits per heavy atom. The van der Waals surface area contributed by atoms with Crippen molar-refractivity contribution in [2.45, 2.75) is 45.8 Å². The largest absolute Gasteiger partial charge is 0.141 e. The number of terminal acetylenes is 1. The van der Waals surface area contributed by atoms with Gasteiger partial charge >= 0.3 is 0 Å². The first-order valence-corrected chi connectivity index (χ1v) is 16.0. The van der Waals surface area contributed by atoms with Gasteiger partial charge in [-0.1, -0.05) is 45.8 Å². The summed E-state index contributed by atoms with van der Waals surface area (Å²) in [5.41, 5.74) is 3.22. The molecule has 0 radical (unpaired) electrons. The highest BCUT2D eigenvalue weighted by molar-refractivity contribution is 7.71. The lowest BCUT2D eigenvalue weighted by Gasteiger charge is -2.43. The van der Waals surface area contributed by atoms with Crippen molar-refractivity contribution in [2.75, 3.05) is 0 Å². The van der Waals surface area contributed by atoms with Gasteiger partial charge in [-0.2, -0.15) is 0 Å². The zero-order chi connectivity index (χ0) is 10.2. The van der Waals surface area contributed by atoms with Crippen LogP contribution < -0.4 is 0 Å². The number of hydrogen-bond donors (Lipinski definition) is 0. The van der Waals surface area contributed by atoms with Gasteiger partial charge in [-0.3, -0.25) is 0 Å². The second-order valence-electron chi connectivity index (χ2n) is 5.77. The minimum absolute atomic E-state index is 1.08. The van der Waals surface area contributed by atoms with Crippen LogP contribution in [0.25, 0.3) is 0 Å². The second kappa shape index (κ2) is 3.17. The fourth-order valence-electron chi connectivity index (χ4n) is 1.56. The van der Waals surface area contributed by atoms with Gasteiger partial charge in [-0.15, -0.1) is 12.0 Å². The lowest BCUT2D eigenvalue weighted by atomic mass is 11.4. The van der Waals surface area contributed by atoms with E-state index in [1.807, 2.05) is 0 Å². The highest BCUT2D eigenvalue weighted by atomic mass is 29.6. The minimum Gasteiger partial charge on any atom is -0.141 e. The zero-order valence-electron chi connectivity index (χ0n) is 9.58. The molecule has 0 nitrogen and oxygen atoms in total. The van der Waals surface area contributed by atoms with E-state index in [0.717, 1.165) is 0 Å². The Bertz CT molecular complexity index is 185. The van der Waals surface area contributed by atoms with Gasteiger partial charge in [-0.05, 0) is 0 Å². The first-order valence-electron chi connectivity index (χ1n) is 4.54. The van der Waals surface area contributed by atoms with Crippen molar-refractivity contribution in [3.05, 3.63) is 0 Å². The first kappa shape index (κ1) is 12.2. The topological polar surface area (TPSA) is 0 Å². The summed E-state index contributed by atoms with van der Waals surface area (Å²) in [5, 5.41) is 0. The molecule has 0 aromatic carbocycles. The average Bonchev–Trinajstić information content (AvgIpc) is 1.81. The monoisotopic (exact) mass is 214 g/mol. The Hall–Kier alpha value is 0.211. The van der Waals surface area contributed by atoms with Gasteiger partial charge in [0.05, 0.1) is 15.2 Å². The summed E-state index contributed by atoms with van der Waals surface area (Å²) in [6, 6.07) is 0. The minimum atomic E-state index is -1.32. The highest BCUT2D eigenvalue weighted by Gasteiger charge is 2.49. The summed E-state index contributed by atoms with van der Waals surface area (Å²) in [4.78, 5) is 0. The van der Waals surface area contributed by atoms with Gasteiger partial charge in [0.1, 0.15) is 7.11 Å². The molecule has 0 unspecified atom stereocenters. The molecule has 0 aromatic heterocycles. The summed E-state index contributed by atoms with van der Waals surface area (Å²) >= 11 is 0. The highest BCUT2D eigenvalue weighted by Crippen LogP contribution is 2.27. The quantitative estimate of drug-likeness (QED) is 0.490. The summed E-state index contributed by atoms with van der Waals surface area (Å²) in [7, 11) is -3.48. The van der Waals surface area contributed by atoms with E-state index in [0.29, 0.717) is 0 Å². The van der Waals surface area contributed by atoms with Crippen molar-refractivity contribution in [2.24, 2.45) is 0 Å². The molecular formula is C9H22Si3. The summed E-state index contributed by atoms with van der Waals surface area (Å²) in [5.74, 6) is 0. The lowest BCUT2D eigenvalue weighted by molar-refractivity contribution is 1.75. The molecule has 12 heavy (non-hydrogen) atoms. The van der Waals surface area contributed by atoms with Crippen LogP contribution in [0.2, 0.25) is 45.8 Å². The fourth-order valence-corrected chi connectivity index (χ4v) is 34.3. The van der Waals surface area contributed by atoms with Crippen LogP contribution in [0.1, 0.15) is 0 Å². The Kier molecular flexibility index (Phi) is 3.22. The van der Waals surface area contributed by atoms with Crippen LogP contribution in [-0.4, -0.2) is 22.3 Å². The maximum Gasteiger partial charge on any atom is 0.118 e. The molecule has 0 spiro atoms. The second-order valence-corrected chi connectivity index (χ2v) is 33.8. The van der Waals surface area contributed by atoms with Crippen molar-refractivity contribution >= 4 is 22.3 Å². The van der Waals surface area contributed by atoms with Crippen molar-refractivity contribution in [1.29, 1.82) is 0 Å². The molecule has 0 atom stereocenters. The summed E-state index contributed by atoms with van der Waals surface area (Å²) in [6.45, 7) is 17.1. The summed E-state index contributed by atoms with van der Waals surface area (Å²) in [6.07, 6.45) is 5.76. The van der Waals surface area contributed by atoms with Gasteiger partial charge in [0.2, 0.25) is 0 Å². The van der Waals surface area contributed by atoms with E-state index in [1.165, 1.54) is 0 Å². The molecule has 3 heteroatoms. The molecule has 0 fully saturated rings. The van der Waals surface area contributed by atoms with Gasteiger partial charge < -0.3 is 0 Å². The third kappa shape index (κ3) is 1.93. The van der Waals surface area contributed by atoms with E-state index in [2.05, 4.69) is 51.4 Å². The SMILES string of the molecule is C#C[Si](C)([Si](C)(C)C)[Si](C)(C)C. The predicted octanol–water partition coefficient (Wildman–Crippen LogP) is 3.07. The maximum atomic E-state index is 5.76. The molecule has 0 saturated carbocycles. The van der Waals surface area contributed by atoms with Gasteiger partial charge in [0.15, 0.2) is 0 Å². The Morgan fingerprint density at radius 2 is 1.00 bits per heavy atom. The zero-order valence-corrected chi connectivity index (χ0v) is 12.6. The van der Waals surface area contributed by atoms with Crippen LogP contribution in [0.3, 0.4) is 0 Å². The van der Waals surface area contributed by atoms with E-state index in [1.54, 1.807) is 0 Å². The predicted molar refractivity (Wildman–Crippen MR) is 67.1 cm³/mol. The molecule has 0 saturated heterocycles. The molecule has 0 N–H and O–H groups in total. The molecule has 0 bridgehead atoms. The van der Waals surface area contributed by atoms with Crippen LogP contribution >= 0.6 is 0 Å². The van der Waals surface area contributed by atoms with Gasteiger partial charge in [-0.25, -0.2) is 0 Å². The third-order valence-corrected chi connectivity index (χ3v) is 42.2. The van der Waals surface area contributed by atoms with E-state index in [-0.39, 0.29) is 0 Å². The molecule has 0 aliphatic rings. The Morgan fingerprint density at radius 1 is 0.750 bits per heavy atom. The molecular weight excluding hydrogens is 192 g/mol. The third-order valence-electron chi connectivity index (χ3n) is 3.29. The normalized spacial score (nSPS) is 14.2. The van der Waals surface area contributed by atoms with Crippen molar-refractivity contribution in [1.82, 2.24) is 0 Å². The van der Waals surface area contributed by atoms with Crippen LogP contribution in [-0.2, 0) is 0 Å². The van der Waals surface area contributed by atoms with E-state index in [4.69, 9.17) is 6.42 Å².